The van der Waals surface area contributed by atoms with Gasteiger partial charge in [-0.1, -0.05) is 29.8 Å². The minimum Gasteiger partial charge on any atom is -0.338 e. The normalized spacial score (nSPS) is 18.2. The van der Waals surface area contributed by atoms with Gasteiger partial charge in [-0.3, -0.25) is 0 Å². The number of amides is 2. The average Bonchev–Trinajstić information content (AvgIpc) is 2.91. The molecule has 0 bridgehead atoms. The number of aryl methyl sites for hydroxylation is 2. The number of likely N-dealkylation sites (tertiary alicyclic amines) is 1. The van der Waals surface area contributed by atoms with Gasteiger partial charge in [0.2, 0.25) is 10.0 Å². The van der Waals surface area contributed by atoms with E-state index in [1.165, 1.54) is 11.1 Å². The van der Waals surface area contributed by atoms with Crippen LogP contribution in [0.4, 0.5) is 4.79 Å². The highest BCUT2D eigenvalue weighted by atomic mass is 32.2. The molecule has 1 aromatic rings. The minimum absolute atomic E-state index is 0.0514. The molecular weight excluding hydrogens is 314 g/mol. The molecule has 0 unspecified atom stereocenters. The lowest BCUT2D eigenvalue weighted by molar-refractivity contribution is 0.207. The van der Waals surface area contributed by atoms with Crippen LogP contribution in [0.3, 0.4) is 0 Å². The zero-order valence-electron chi connectivity index (χ0n) is 13.5. The second-order valence-electron chi connectivity index (χ2n) is 6.25. The summed E-state index contributed by atoms with van der Waals surface area (Å²) in [5.74, 6) is -0.104. The van der Waals surface area contributed by atoms with Gasteiger partial charge in [0.05, 0.1) is 5.75 Å². The Bertz CT molecular complexity index is 628. The first-order valence-corrected chi connectivity index (χ1v) is 9.64. The fraction of sp³-hybridized carbons (Fsp3) is 0.562. The molecule has 2 rings (SSSR count). The predicted molar refractivity (Wildman–Crippen MR) is 90.6 cm³/mol. The van der Waals surface area contributed by atoms with Crippen molar-refractivity contribution in [3.05, 3.63) is 35.4 Å². The summed E-state index contributed by atoms with van der Waals surface area (Å²) < 4.78 is 22.2. The number of hydrogen-bond donors (Lipinski definition) is 2. The quantitative estimate of drug-likeness (QED) is 0.764. The van der Waals surface area contributed by atoms with E-state index in [0.29, 0.717) is 26.1 Å². The molecule has 0 spiro atoms. The van der Waals surface area contributed by atoms with Crippen LogP contribution in [0.25, 0.3) is 0 Å². The van der Waals surface area contributed by atoms with Crippen LogP contribution in [0.1, 0.15) is 24.0 Å². The highest BCUT2D eigenvalue weighted by Crippen LogP contribution is 2.17. The molecule has 128 valence electrons. The lowest BCUT2D eigenvalue weighted by Crippen LogP contribution is -2.39. The van der Waals surface area contributed by atoms with Crippen LogP contribution in [0, 0.1) is 12.8 Å². The van der Waals surface area contributed by atoms with E-state index in [9.17, 15) is 13.2 Å². The van der Waals surface area contributed by atoms with E-state index in [1.54, 1.807) is 4.90 Å². The average molecular weight is 339 g/mol. The molecule has 1 fully saturated rings. The summed E-state index contributed by atoms with van der Waals surface area (Å²) in [6.45, 7) is 3.72. The smallest absolute Gasteiger partial charge is 0.317 e. The van der Waals surface area contributed by atoms with Crippen LogP contribution in [-0.2, 0) is 16.4 Å². The number of benzene rings is 1. The zero-order valence-corrected chi connectivity index (χ0v) is 14.3. The molecule has 0 aromatic heterocycles. The highest BCUT2D eigenvalue weighted by molar-refractivity contribution is 7.89. The van der Waals surface area contributed by atoms with Gasteiger partial charge >= 0.3 is 6.03 Å². The SMILES string of the molecule is Cc1ccc(CCCNC(=O)N2CC[C@@H](CS(N)(=O)=O)C2)cc1. The Morgan fingerprint density at radius 3 is 2.70 bits per heavy atom. The van der Waals surface area contributed by atoms with E-state index in [1.807, 2.05) is 0 Å². The molecule has 1 aromatic carbocycles. The first-order chi connectivity index (χ1) is 10.8. The molecule has 1 aliphatic heterocycles. The lowest BCUT2D eigenvalue weighted by atomic mass is 10.1. The summed E-state index contributed by atoms with van der Waals surface area (Å²) >= 11 is 0. The van der Waals surface area contributed by atoms with Gasteiger partial charge < -0.3 is 10.2 Å². The van der Waals surface area contributed by atoms with Gasteiger partial charge in [-0.15, -0.1) is 0 Å². The van der Waals surface area contributed by atoms with E-state index < -0.39 is 10.0 Å². The first kappa shape index (κ1) is 17.7. The summed E-state index contributed by atoms with van der Waals surface area (Å²) in [6.07, 6.45) is 2.49. The lowest BCUT2D eigenvalue weighted by Gasteiger charge is -2.17. The number of nitrogens with one attached hydrogen (secondary N) is 1. The summed E-state index contributed by atoms with van der Waals surface area (Å²) in [5.41, 5.74) is 2.50. The van der Waals surface area contributed by atoms with Crippen LogP contribution < -0.4 is 10.5 Å². The number of urea groups is 1. The standard InChI is InChI=1S/C16H25N3O3S/c1-13-4-6-14(7-5-13)3-2-9-18-16(20)19-10-8-15(11-19)12-23(17,21)22/h4-7,15H,2-3,8-12H2,1H3,(H,18,20)(H2,17,21,22)/t15-/m1/s1. The Kier molecular flexibility index (Phi) is 6.01. The van der Waals surface area contributed by atoms with Gasteiger partial charge in [0.15, 0.2) is 0 Å². The molecule has 0 saturated carbocycles. The largest absolute Gasteiger partial charge is 0.338 e. The monoisotopic (exact) mass is 339 g/mol. The van der Waals surface area contributed by atoms with Gasteiger partial charge in [0.25, 0.3) is 0 Å². The number of nitrogens with two attached hydrogens (primary N) is 1. The third-order valence-electron chi connectivity index (χ3n) is 4.08. The molecule has 2 amide bonds. The van der Waals surface area contributed by atoms with Crippen LogP contribution in [-0.4, -0.2) is 44.7 Å². The Hall–Kier alpha value is -1.60. The van der Waals surface area contributed by atoms with Gasteiger partial charge in [0, 0.05) is 19.6 Å². The van der Waals surface area contributed by atoms with Crippen molar-refractivity contribution in [2.24, 2.45) is 11.1 Å². The molecule has 6 nitrogen and oxygen atoms in total. The van der Waals surface area contributed by atoms with Crippen molar-refractivity contribution in [1.29, 1.82) is 0 Å². The number of carbonyl (C=O) groups excluding carboxylic acids is 1. The molecular formula is C16H25N3O3S. The second-order valence-corrected chi connectivity index (χ2v) is 7.91. The van der Waals surface area contributed by atoms with Crippen molar-refractivity contribution in [2.45, 2.75) is 26.2 Å². The van der Waals surface area contributed by atoms with Crippen molar-refractivity contribution in [1.82, 2.24) is 10.2 Å². The number of hydrogen-bond acceptors (Lipinski definition) is 3. The van der Waals surface area contributed by atoms with Crippen LogP contribution in [0.5, 0.6) is 0 Å². The molecule has 23 heavy (non-hydrogen) atoms. The first-order valence-electron chi connectivity index (χ1n) is 7.92. The van der Waals surface area contributed by atoms with Crippen molar-refractivity contribution in [3.8, 4) is 0 Å². The maximum Gasteiger partial charge on any atom is 0.317 e. The summed E-state index contributed by atoms with van der Waals surface area (Å²) in [5, 5.41) is 7.95. The molecule has 0 radical (unpaired) electrons. The van der Waals surface area contributed by atoms with E-state index in [-0.39, 0.29) is 17.7 Å². The molecule has 0 aliphatic carbocycles. The number of nitrogens with zero attached hydrogens (tertiary/aromatic N) is 1. The molecule has 3 N–H and O–H groups in total. The van der Waals surface area contributed by atoms with E-state index in [4.69, 9.17) is 5.14 Å². The van der Waals surface area contributed by atoms with Crippen LogP contribution >= 0.6 is 0 Å². The van der Waals surface area contributed by atoms with E-state index in [2.05, 4.69) is 36.5 Å². The third-order valence-corrected chi connectivity index (χ3v) is 5.02. The van der Waals surface area contributed by atoms with Crippen molar-refractivity contribution in [2.75, 3.05) is 25.4 Å². The number of carbonyl (C=O) groups is 1. The van der Waals surface area contributed by atoms with Gasteiger partial charge in [-0.05, 0) is 37.7 Å². The number of rotatable bonds is 6. The van der Waals surface area contributed by atoms with Crippen LogP contribution in [0.15, 0.2) is 24.3 Å². The molecule has 1 aliphatic rings. The Balaban J connectivity index is 1.66. The van der Waals surface area contributed by atoms with Crippen molar-refractivity contribution in [3.63, 3.8) is 0 Å². The predicted octanol–water partition coefficient (Wildman–Crippen LogP) is 1.25. The topological polar surface area (TPSA) is 92.5 Å². The zero-order chi connectivity index (χ0) is 16.9. The van der Waals surface area contributed by atoms with Crippen LogP contribution in [0.2, 0.25) is 0 Å². The third kappa shape index (κ3) is 6.19. The van der Waals surface area contributed by atoms with Crippen molar-refractivity contribution >= 4 is 16.1 Å². The molecule has 1 saturated heterocycles. The van der Waals surface area contributed by atoms with Crippen molar-refractivity contribution < 1.29 is 13.2 Å². The van der Waals surface area contributed by atoms with Gasteiger partial charge in [-0.2, -0.15) is 0 Å². The second kappa shape index (κ2) is 7.79. The highest BCUT2D eigenvalue weighted by Gasteiger charge is 2.28. The fourth-order valence-corrected chi connectivity index (χ4v) is 3.77. The Morgan fingerprint density at radius 1 is 1.35 bits per heavy atom. The fourth-order valence-electron chi connectivity index (χ4n) is 2.84. The number of sulfonamides is 1. The maximum absolute atomic E-state index is 12.0. The molecule has 1 heterocycles. The Morgan fingerprint density at radius 2 is 2.04 bits per heavy atom. The Labute approximate surface area is 138 Å². The van der Waals surface area contributed by atoms with Gasteiger partial charge in [0.1, 0.15) is 0 Å². The van der Waals surface area contributed by atoms with E-state index >= 15 is 0 Å². The summed E-state index contributed by atoms with van der Waals surface area (Å²) in [7, 11) is -3.47. The number of primary sulfonamides is 1. The van der Waals surface area contributed by atoms with Gasteiger partial charge in [-0.25, -0.2) is 18.4 Å². The van der Waals surface area contributed by atoms with E-state index in [0.717, 1.165) is 12.8 Å². The molecule has 7 heteroatoms. The minimum atomic E-state index is -3.47. The summed E-state index contributed by atoms with van der Waals surface area (Å²) in [6, 6.07) is 8.27. The summed E-state index contributed by atoms with van der Waals surface area (Å²) in [4.78, 5) is 13.7. The molecule has 1 atom stereocenters. The maximum atomic E-state index is 12.0.